The quantitative estimate of drug-likeness (QED) is 0.819. The van der Waals surface area contributed by atoms with Crippen LogP contribution in [-0.4, -0.2) is 23.5 Å². The molecule has 0 heterocycles. The van der Waals surface area contributed by atoms with E-state index < -0.39 is 11.9 Å². The first kappa shape index (κ1) is 16.3. The number of amides is 1. The molecular formula is C17H29NO3. The van der Waals surface area contributed by atoms with Crippen LogP contribution in [0.15, 0.2) is 0 Å². The number of hydrogen-bond donors (Lipinski definition) is 2. The van der Waals surface area contributed by atoms with E-state index in [1.165, 1.54) is 32.1 Å². The summed E-state index contributed by atoms with van der Waals surface area (Å²) in [7, 11) is 0. The van der Waals surface area contributed by atoms with Gasteiger partial charge in [0.15, 0.2) is 0 Å². The van der Waals surface area contributed by atoms with Crippen LogP contribution in [0.2, 0.25) is 0 Å². The van der Waals surface area contributed by atoms with E-state index in [-0.39, 0.29) is 11.8 Å². The molecule has 21 heavy (non-hydrogen) atoms. The zero-order chi connectivity index (χ0) is 15.4. The van der Waals surface area contributed by atoms with E-state index in [1.807, 2.05) is 6.92 Å². The Morgan fingerprint density at radius 3 is 2.19 bits per heavy atom. The van der Waals surface area contributed by atoms with E-state index in [1.54, 1.807) is 0 Å². The minimum absolute atomic E-state index is 0.0376. The lowest BCUT2D eigenvalue weighted by Gasteiger charge is -2.28. The van der Waals surface area contributed by atoms with Gasteiger partial charge in [0.25, 0.3) is 0 Å². The topological polar surface area (TPSA) is 66.4 Å². The summed E-state index contributed by atoms with van der Waals surface area (Å²) in [5.74, 6) is 0.109. The fourth-order valence-electron chi connectivity index (χ4n) is 4.07. The molecule has 0 aromatic heterocycles. The first-order valence-electron chi connectivity index (χ1n) is 8.51. The van der Waals surface area contributed by atoms with Crippen LogP contribution in [-0.2, 0) is 9.59 Å². The van der Waals surface area contributed by atoms with Crippen molar-refractivity contribution >= 4 is 11.9 Å². The number of rotatable bonds is 5. The molecule has 3 unspecified atom stereocenters. The van der Waals surface area contributed by atoms with Gasteiger partial charge in [0.1, 0.15) is 0 Å². The number of carboxylic acids is 1. The molecule has 3 atom stereocenters. The third-order valence-corrected chi connectivity index (χ3v) is 5.56. The van der Waals surface area contributed by atoms with Crippen molar-refractivity contribution in [2.45, 2.75) is 58.8 Å². The van der Waals surface area contributed by atoms with Crippen LogP contribution in [0.25, 0.3) is 0 Å². The molecule has 2 saturated carbocycles. The monoisotopic (exact) mass is 295 g/mol. The van der Waals surface area contributed by atoms with Gasteiger partial charge in [-0.3, -0.25) is 9.59 Å². The fraction of sp³-hybridized carbons (Fsp3) is 0.882. The van der Waals surface area contributed by atoms with Crippen LogP contribution in [0.5, 0.6) is 0 Å². The molecule has 1 amide bonds. The maximum atomic E-state index is 12.3. The van der Waals surface area contributed by atoms with Gasteiger partial charge in [-0.05, 0) is 43.4 Å². The summed E-state index contributed by atoms with van der Waals surface area (Å²) in [4.78, 5) is 23.6. The highest BCUT2D eigenvalue weighted by molar-refractivity contribution is 5.85. The third-order valence-electron chi connectivity index (χ3n) is 5.56. The summed E-state index contributed by atoms with van der Waals surface area (Å²) in [5.41, 5.74) is 0. The average molecular weight is 295 g/mol. The van der Waals surface area contributed by atoms with E-state index in [9.17, 15) is 14.7 Å². The minimum Gasteiger partial charge on any atom is -0.481 e. The van der Waals surface area contributed by atoms with Gasteiger partial charge in [-0.15, -0.1) is 0 Å². The predicted octanol–water partition coefficient (Wildman–Crippen LogP) is 3.07. The maximum absolute atomic E-state index is 12.3. The summed E-state index contributed by atoms with van der Waals surface area (Å²) < 4.78 is 0. The molecular weight excluding hydrogens is 266 g/mol. The Kier molecular flexibility index (Phi) is 5.65. The first-order valence-corrected chi connectivity index (χ1v) is 8.51. The normalized spacial score (nSPS) is 36.4. The molecule has 2 rings (SSSR count). The molecule has 2 aliphatic rings. The highest BCUT2D eigenvalue weighted by atomic mass is 16.4. The molecule has 0 aromatic carbocycles. The fourth-order valence-corrected chi connectivity index (χ4v) is 4.07. The van der Waals surface area contributed by atoms with Gasteiger partial charge in [-0.25, -0.2) is 0 Å². The van der Waals surface area contributed by atoms with E-state index in [0.717, 1.165) is 12.5 Å². The summed E-state index contributed by atoms with van der Waals surface area (Å²) in [6, 6.07) is 0. The van der Waals surface area contributed by atoms with Gasteiger partial charge in [-0.1, -0.05) is 33.1 Å². The molecule has 120 valence electrons. The second-order valence-electron chi connectivity index (χ2n) is 7.17. The highest BCUT2D eigenvalue weighted by Crippen LogP contribution is 2.36. The van der Waals surface area contributed by atoms with Crippen LogP contribution in [0.4, 0.5) is 0 Å². The Morgan fingerprint density at radius 1 is 1.05 bits per heavy atom. The van der Waals surface area contributed by atoms with E-state index in [2.05, 4.69) is 12.2 Å². The van der Waals surface area contributed by atoms with Crippen molar-refractivity contribution in [3.05, 3.63) is 0 Å². The van der Waals surface area contributed by atoms with E-state index in [4.69, 9.17) is 0 Å². The zero-order valence-corrected chi connectivity index (χ0v) is 13.3. The van der Waals surface area contributed by atoms with Crippen molar-refractivity contribution in [1.82, 2.24) is 5.32 Å². The van der Waals surface area contributed by atoms with Crippen molar-refractivity contribution in [3.8, 4) is 0 Å². The zero-order valence-electron chi connectivity index (χ0n) is 13.3. The van der Waals surface area contributed by atoms with Gasteiger partial charge >= 0.3 is 5.97 Å². The van der Waals surface area contributed by atoms with Gasteiger partial charge in [-0.2, -0.15) is 0 Å². The van der Waals surface area contributed by atoms with E-state index >= 15 is 0 Å². The van der Waals surface area contributed by atoms with Crippen LogP contribution in [0.3, 0.4) is 0 Å². The van der Waals surface area contributed by atoms with Crippen molar-refractivity contribution in [2.75, 3.05) is 6.54 Å². The van der Waals surface area contributed by atoms with Gasteiger partial charge in [0.2, 0.25) is 5.91 Å². The molecule has 2 aliphatic carbocycles. The molecule has 0 aliphatic heterocycles. The summed E-state index contributed by atoms with van der Waals surface area (Å²) in [5, 5.41) is 12.3. The lowest BCUT2D eigenvalue weighted by Crippen LogP contribution is -2.38. The SMILES string of the molecule is CCC1CCC(CNC(=O)C2CC(C)CC2C(=O)O)CC1. The molecule has 2 N–H and O–H groups in total. The standard InChI is InChI=1S/C17H29NO3/c1-3-12-4-6-13(7-5-12)10-18-16(19)14-8-11(2)9-15(14)17(20)21/h11-15H,3-10H2,1-2H3,(H,18,19)(H,20,21). The van der Waals surface area contributed by atoms with Crippen LogP contribution in [0, 0.1) is 29.6 Å². The molecule has 0 spiro atoms. The number of hydrogen-bond acceptors (Lipinski definition) is 2. The average Bonchev–Trinajstić information content (AvgIpc) is 2.87. The van der Waals surface area contributed by atoms with E-state index in [0.29, 0.717) is 24.7 Å². The van der Waals surface area contributed by atoms with Crippen molar-refractivity contribution in [2.24, 2.45) is 29.6 Å². The van der Waals surface area contributed by atoms with Crippen molar-refractivity contribution < 1.29 is 14.7 Å². The van der Waals surface area contributed by atoms with Crippen molar-refractivity contribution in [1.29, 1.82) is 0 Å². The largest absolute Gasteiger partial charge is 0.481 e. The molecule has 0 saturated heterocycles. The predicted molar refractivity (Wildman–Crippen MR) is 81.8 cm³/mol. The number of carbonyl (C=O) groups is 2. The summed E-state index contributed by atoms with van der Waals surface area (Å²) in [6.07, 6.45) is 7.55. The van der Waals surface area contributed by atoms with Gasteiger partial charge in [0.05, 0.1) is 11.8 Å². The lowest BCUT2D eigenvalue weighted by atomic mass is 9.81. The number of carboxylic acid groups (broad SMARTS) is 1. The van der Waals surface area contributed by atoms with Crippen LogP contribution in [0.1, 0.15) is 58.8 Å². The van der Waals surface area contributed by atoms with Crippen LogP contribution >= 0.6 is 0 Å². The Labute approximate surface area is 127 Å². The molecule has 0 bridgehead atoms. The Morgan fingerprint density at radius 2 is 1.62 bits per heavy atom. The molecule has 0 radical (unpaired) electrons. The molecule has 2 fully saturated rings. The highest BCUT2D eigenvalue weighted by Gasteiger charge is 2.41. The Hall–Kier alpha value is -1.06. The smallest absolute Gasteiger partial charge is 0.307 e. The number of nitrogens with one attached hydrogen (secondary N) is 1. The molecule has 4 nitrogen and oxygen atoms in total. The molecule has 4 heteroatoms. The number of carbonyl (C=O) groups excluding carboxylic acids is 1. The summed E-state index contributed by atoms with van der Waals surface area (Å²) >= 11 is 0. The van der Waals surface area contributed by atoms with Crippen LogP contribution < -0.4 is 5.32 Å². The maximum Gasteiger partial charge on any atom is 0.307 e. The second kappa shape index (κ2) is 7.28. The first-order chi connectivity index (χ1) is 10.0. The minimum atomic E-state index is -0.817. The van der Waals surface area contributed by atoms with Crippen molar-refractivity contribution in [3.63, 3.8) is 0 Å². The second-order valence-corrected chi connectivity index (χ2v) is 7.17. The number of aliphatic carboxylic acids is 1. The Bertz CT molecular complexity index is 374. The summed E-state index contributed by atoms with van der Waals surface area (Å²) in [6.45, 7) is 5.02. The van der Waals surface area contributed by atoms with Gasteiger partial charge < -0.3 is 10.4 Å². The lowest BCUT2D eigenvalue weighted by molar-refractivity contribution is -0.146. The molecule has 0 aromatic rings. The van der Waals surface area contributed by atoms with Gasteiger partial charge in [0, 0.05) is 6.54 Å². The third kappa shape index (κ3) is 4.21. The Balaban J connectivity index is 1.78.